The van der Waals surface area contributed by atoms with Gasteiger partial charge in [-0.2, -0.15) is 0 Å². The van der Waals surface area contributed by atoms with Crippen LogP contribution in [0.4, 0.5) is 5.69 Å². The Hall–Kier alpha value is -1.51. The number of carbonyl (C=O) groups is 1. The van der Waals surface area contributed by atoms with Crippen molar-refractivity contribution >= 4 is 11.6 Å². The highest BCUT2D eigenvalue weighted by Crippen LogP contribution is 2.12. The molecule has 1 aromatic rings. The molecule has 0 aliphatic heterocycles. The summed E-state index contributed by atoms with van der Waals surface area (Å²) in [5, 5.41) is 3.44. The lowest BCUT2D eigenvalue weighted by molar-refractivity contribution is -0.128. The Morgan fingerprint density at radius 1 is 1.26 bits per heavy atom. The quantitative estimate of drug-likeness (QED) is 0.725. The van der Waals surface area contributed by atoms with Crippen molar-refractivity contribution in [3.05, 3.63) is 29.8 Å². The van der Waals surface area contributed by atoms with Crippen LogP contribution in [-0.2, 0) is 11.3 Å². The number of rotatable bonds is 8. The van der Waals surface area contributed by atoms with Crippen molar-refractivity contribution in [2.24, 2.45) is 0 Å². The molecule has 106 valence electrons. The van der Waals surface area contributed by atoms with Gasteiger partial charge in [-0.25, -0.2) is 0 Å². The SMILES string of the molecule is CCCCCCNc1cccc(CN(C)C(C)=O)c1. The molecule has 1 amide bonds. The zero-order valence-electron chi connectivity index (χ0n) is 12.4. The summed E-state index contributed by atoms with van der Waals surface area (Å²) in [6.45, 7) is 5.50. The number of amides is 1. The summed E-state index contributed by atoms with van der Waals surface area (Å²) in [4.78, 5) is 12.9. The van der Waals surface area contributed by atoms with Gasteiger partial charge in [-0.1, -0.05) is 38.3 Å². The van der Waals surface area contributed by atoms with Gasteiger partial charge in [0.05, 0.1) is 0 Å². The Bertz CT molecular complexity index is 390. The molecular formula is C16H26N2O. The zero-order valence-corrected chi connectivity index (χ0v) is 12.4. The van der Waals surface area contributed by atoms with Crippen LogP contribution in [0, 0.1) is 0 Å². The van der Waals surface area contributed by atoms with E-state index in [2.05, 4.69) is 30.4 Å². The van der Waals surface area contributed by atoms with Gasteiger partial charge in [0.15, 0.2) is 0 Å². The van der Waals surface area contributed by atoms with Crippen molar-refractivity contribution in [2.75, 3.05) is 18.9 Å². The molecule has 0 spiro atoms. The summed E-state index contributed by atoms with van der Waals surface area (Å²) < 4.78 is 0. The van der Waals surface area contributed by atoms with Crippen molar-refractivity contribution in [3.63, 3.8) is 0 Å². The molecule has 0 bridgehead atoms. The lowest BCUT2D eigenvalue weighted by Gasteiger charge is -2.15. The monoisotopic (exact) mass is 262 g/mol. The van der Waals surface area contributed by atoms with E-state index in [-0.39, 0.29) is 5.91 Å². The third kappa shape index (κ3) is 6.27. The van der Waals surface area contributed by atoms with E-state index in [1.165, 1.54) is 25.7 Å². The first-order valence-electron chi connectivity index (χ1n) is 7.18. The van der Waals surface area contributed by atoms with Gasteiger partial charge in [-0.15, -0.1) is 0 Å². The van der Waals surface area contributed by atoms with Crippen LogP contribution in [0.25, 0.3) is 0 Å². The summed E-state index contributed by atoms with van der Waals surface area (Å²) in [6.07, 6.45) is 5.08. The van der Waals surface area contributed by atoms with E-state index in [9.17, 15) is 4.79 Å². The topological polar surface area (TPSA) is 32.3 Å². The highest BCUT2D eigenvalue weighted by Gasteiger charge is 2.03. The minimum atomic E-state index is 0.0953. The van der Waals surface area contributed by atoms with Crippen LogP contribution in [0.5, 0.6) is 0 Å². The van der Waals surface area contributed by atoms with Gasteiger partial charge in [0.2, 0.25) is 5.91 Å². The number of unbranched alkanes of at least 4 members (excludes halogenated alkanes) is 3. The first kappa shape index (κ1) is 15.5. The molecule has 3 nitrogen and oxygen atoms in total. The third-order valence-corrected chi connectivity index (χ3v) is 3.24. The summed E-state index contributed by atoms with van der Waals surface area (Å²) in [5.74, 6) is 0.0953. The Morgan fingerprint density at radius 3 is 2.74 bits per heavy atom. The molecule has 19 heavy (non-hydrogen) atoms. The Balaban J connectivity index is 2.41. The Kier molecular flexibility index (Phi) is 7.01. The van der Waals surface area contributed by atoms with Crippen molar-refractivity contribution in [3.8, 4) is 0 Å². The van der Waals surface area contributed by atoms with E-state index in [0.29, 0.717) is 6.54 Å². The molecule has 3 heteroatoms. The molecule has 0 atom stereocenters. The second kappa shape index (κ2) is 8.57. The normalized spacial score (nSPS) is 10.3. The van der Waals surface area contributed by atoms with Crippen LogP contribution < -0.4 is 5.32 Å². The van der Waals surface area contributed by atoms with E-state index < -0.39 is 0 Å². The van der Waals surface area contributed by atoms with E-state index in [4.69, 9.17) is 0 Å². The summed E-state index contributed by atoms with van der Waals surface area (Å²) in [6, 6.07) is 8.30. The lowest BCUT2D eigenvalue weighted by atomic mass is 10.1. The molecule has 1 N–H and O–H groups in total. The molecule has 0 fully saturated rings. The maximum Gasteiger partial charge on any atom is 0.219 e. The van der Waals surface area contributed by atoms with E-state index in [1.807, 2.05) is 13.1 Å². The van der Waals surface area contributed by atoms with Crippen molar-refractivity contribution in [2.45, 2.75) is 46.1 Å². The first-order chi connectivity index (χ1) is 9.13. The van der Waals surface area contributed by atoms with E-state index in [1.54, 1.807) is 11.8 Å². The minimum absolute atomic E-state index is 0.0953. The molecule has 0 aromatic heterocycles. The molecule has 0 aliphatic carbocycles. The lowest BCUT2D eigenvalue weighted by Crippen LogP contribution is -2.23. The summed E-state index contributed by atoms with van der Waals surface area (Å²) in [7, 11) is 1.83. The largest absolute Gasteiger partial charge is 0.385 e. The number of anilines is 1. The van der Waals surface area contributed by atoms with Crippen LogP contribution in [-0.4, -0.2) is 24.4 Å². The standard InChI is InChI=1S/C16H26N2O/c1-4-5-6-7-11-17-16-10-8-9-15(12-16)13-18(3)14(2)19/h8-10,12,17H,4-7,11,13H2,1-3H3. The van der Waals surface area contributed by atoms with Gasteiger partial charge in [-0.3, -0.25) is 4.79 Å². The number of hydrogen-bond donors (Lipinski definition) is 1. The van der Waals surface area contributed by atoms with Gasteiger partial charge in [0, 0.05) is 32.7 Å². The second-order valence-electron chi connectivity index (χ2n) is 5.06. The van der Waals surface area contributed by atoms with Crippen LogP contribution in [0.2, 0.25) is 0 Å². The second-order valence-corrected chi connectivity index (χ2v) is 5.06. The molecule has 0 unspecified atom stereocenters. The maximum absolute atomic E-state index is 11.2. The fourth-order valence-corrected chi connectivity index (χ4v) is 1.95. The Labute approximate surface area is 117 Å². The van der Waals surface area contributed by atoms with Gasteiger partial charge in [0.25, 0.3) is 0 Å². The average Bonchev–Trinajstić information content (AvgIpc) is 2.39. The first-order valence-corrected chi connectivity index (χ1v) is 7.18. The average molecular weight is 262 g/mol. The number of hydrogen-bond acceptors (Lipinski definition) is 2. The molecule has 0 radical (unpaired) electrons. The number of nitrogens with zero attached hydrogens (tertiary/aromatic N) is 1. The zero-order chi connectivity index (χ0) is 14.1. The molecule has 0 heterocycles. The molecular weight excluding hydrogens is 236 g/mol. The fourth-order valence-electron chi connectivity index (χ4n) is 1.95. The van der Waals surface area contributed by atoms with Crippen molar-refractivity contribution in [1.29, 1.82) is 0 Å². The number of nitrogens with one attached hydrogen (secondary N) is 1. The minimum Gasteiger partial charge on any atom is -0.385 e. The summed E-state index contributed by atoms with van der Waals surface area (Å²) >= 11 is 0. The van der Waals surface area contributed by atoms with Crippen molar-refractivity contribution < 1.29 is 4.79 Å². The van der Waals surface area contributed by atoms with Gasteiger partial charge in [0.1, 0.15) is 0 Å². The van der Waals surface area contributed by atoms with E-state index >= 15 is 0 Å². The van der Waals surface area contributed by atoms with Gasteiger partial charge >= 0.3 is 0 Å². The molecule has 0 saturated carbocycles. The molecule has 0 aliphatic rings. The van der Waals surface area contributed by atoms with Crippen LogP contribution in [0.3, 0.4) is 0 Å². The molecule has 1 aromatic carbocycles. The van der Waals surface area contributed by atoms with Crippen LogP contribution in [0.15, 0.2) is 24.3 Å². The third-order valence-electron chi connectivity index (χ3n) is 3.24. The smallest absolute Gasteiger partial charge is 0.219 e. The Morgan fingerprint density at radius 2 is 2.05 bits per heavy atom. The summed E-state index contributed by atoms with van der Waals surface area (Å²) in [5.41, 5.74) is 2.31. The number of carbonyl (C=O) groups excluding carboxylic acids is 1. The predicted octanol–water partition coefficient (Wildman–Crippen LogP) is 3.66. The van der Waals surface area contributed by atoms with Crippen LogP contribution >= 0.6 is 0 Å². The highest BCUT2D eigenvalue weighted by atomic mass is 16.2. The van der Waals surface area contributed by atoms with Gasteiger partial charge in [-0.05, 0) is 24.1 Å². The maximum atomic E-state index is 11.2. The van der Waals surface area contributed by atoms with Crippen LogP contribution in [0.1, 0.15) is 45.1 Å². The predicted molar refractivity (Wildman–Crippen MR) is 81.2 cm³/mol. The molecule has 0 saturated heterocycles. The number of benzene rings is 1. The highest BCUT2D eigenvalue weighted by molar-refractivity contribution is 5.72. The fraction of sp³-hybridized carbons (Fsp3) is 0.562. The van der Waals surface area contributed by atoms with E-state index in [0.717, 1.165) is 17.8 Å². The van der Waals surface area contributed by atoms with Crippen molar-refractivity contribution in [1.82, 2.24) is 4.90 Å². The molecule has 1 rings (SSSR count). The van der Waals surface area contributed by atoms with Gasteiger partial charge < -0.3 is 10.2 Å².